The van der Waals surface area contributed by atoms with E-state index in [-0.39, 0.29) is 11.7 Å². The van der Waals surface area contributed by atoms with Gasteiger partial charge in [0.15, 0.2) is 5.16 Å². The Bertz CT molecular complexity index is 714. The van der Waals surface area contributed by atoms with Crippen LogP contribution in [0.15, 0.2) is 23.4 Å². The fourth-order valence-electron chi connectivity index (χ4n) is 1.93. The third-order valence-electron chi connectivity index (χ3n) is 3.01. The van der Waals surface area contributed by atoms with Crippen molar-refractivity contribution in [3.05, 3.63) is 18.2 Å². The molecule has 0 atom stereocenters. The molecule has 0 spiro atoms. The Morgan fingerprint density at radius 1 is 1.38 bits per heavy atom. The number of nitrogens with one attached hydrogen (secondary N) is 3. The maximum absolute atomic E-state index is 11.8. The highest BCUT2D eigenvalue weighted by Gasteiger charge is 2.11. The van der Waals surface area contributed by atoms with Gasteiger partial charge in [-0.1, -0.05) is 25.6 Å². The van der Waals surface area contributed by atoms with Gasteiger partial charge in [0.1, 0.15) is 5.75 Å². The van der Waals surface area contributed by atoms with Crippen LogP contribution >= 0.6 is 11.8 Å². The quantitative estimate of drug-likeness (QED) is 0.667. The molecule has 0 saturated heterocycles. The first-order valence-corrected chi connectivity index (χ1v) is 8.79. The van der Waals surface area contributed by atoms with Crippen LogP contribution in [0.4, 0.5) is 4.79 Å². The second-order valence-corrected chi connectivity index (χ2v) is 6.56. The lowest BCUT2D eigenvalue weighted by atomic mass is 10.2. The molecule has 0 fully saturated rings. The molecule has 0 aliphatic carbocycles. The van der Waals surface area contributed by atoms with Gasteiger partial charge in [-0.25, -0.2) is 9.78 Å². The molecule has 3 N–H and O–H groups in total. The second kappa shape index (κ2) is 8.58. The maximum Gasteiger partial charge on any atom is 0.321 e. The molecule has 7 nitrogen and oxygen atoms in total. The summed E-state index contributed by atoms with van der Waals surface area (Å²) < 4.78 is 5.44. The number of imide groups is 1. The fraction of sp³-hybridized carbons (Fsp3) is 0.438. The van der Waals surface area contributed by atoms with Gasteiger partial charge in [0.2, 0.25) is 5.91 Å². The van der Waals surface area contributed by atoms with Crippen LogP contribution in [-0.2, 0) is 4.79 Å². The van der Waals surface area contributed by atoms with Crippen molar-refractivity contribution in [2.24, 2.45) is 5.92 Å². The summed E-state index contributed by atoms with van der Waals surface area (Å²) in [6, 6.07) is 5.11. The van der Waals surface area contributed by atoms with E-state index in [2.05, 4.69) is 20.6 Å². The summed E-state index contributed by atoms with van der Waals surface area (Å²) in [6.45, 7) is 7.01. The molecular weight excluding hydrogens is 328 g/mol. The van der Waals surface area contributed by atoms with Crippen LogP contribution in [0.3, 0.4) is 0 Å². The smallest absolute Gasteiger partial charge is 0.321 e. The molecule has 0 aliphatic heterocycles. The van der Waals surface area contributed by atoms with E-state index in [4.69, 9.17) is 4.74 Å². The molecule has 0 saturated carbocycles. The number of urea groups is 1. The summed E-state index contributed by atoms with van der Waals surface area (Å²) in [4.78, 5) is 30.8. The Morgan fingerprint density at radius 3 is 2.88 bits per heavy atom. The van der Waals surface area contributed by atoms with E-state index in [1.807, 2.05) is 39.0 Å². The largest absolute Gasteiger partial charge is 0.494 e. The number of aromatic nitrogens is 2. The molecule has 0 aliphatic rings. The molecular formula is C16H22N4O3S. The van der Waals surface area contributed by atoms with E-state index in [1.54, 1.807) is 0 Å². The molecule has 0 radical (unpaired) electrons. The first-order valence-electron chi connectivity index (χ1n) is 7.81. The average Bonchev–Trinajstić information content (AvgIpc) is 2.93. The van der Waals surface area contributed by atoms with Crippen molar-refractivity contribution in [2.45, 2.75) is 25.9 Å². The fourth-order valence-corrected chi connectivity index (χ4v) is 2.61. The van der Waals surface area contributed by atoms with Crippen molar-refractivity contribution in [1.29, 1.82) is 0 Å². The van der Waals surface area contributed by atoms with Crippen LogP contribution in [0.5, 0.6) is 5.75 Å². The number of fused-ring (bicyclic) bond motifs is 1. The maximum atomic E-state index is 11.8. The predicted octanol–water partition coefficient (Wildman–Crippen LogP) is 2.54. The van der Waals surface area contributed by atoms with Crippen LogP contribution in [0, 0.1) is 5.92 Å². The van der Waals surface area contributed by atoms with Crippen molar-refractivity contribution in [3.8, 4) is 5.75 Å². The van der Waals surface area contributed by atoms with Crippen molar-refractivity contribution < 1.29 is 14.3 Å². The van der Waals surface area contributed by atoms with E-state index in [0.717, 1.165) is 16.8 Å². The lowest BCUT2D eigenvalue weighted by molar-refractivity contribution is -0.117. The molecule has 8 heteroatoms. The summed E-state index contributed by atoms with van der Waals surface area (Å²) in [5.74, 6) is 0.839. The van der Waals surface area contributed by atoms with E-state index in [0.29, 0.717) is 24.2 Å². The number of carbonyl (C=O) groups is 2. The van der Waals surface area contributed by atoms with Gasteiger partial charge < -0.3 is 15.0 Å². The number of hydrogen-bond acceptors (Lipinski definition) is 5. The van der Waals surface area contributed by atoms with Gasteiger partial charge >= 0.3 is 6.03 Å². The zero-order valence-corrected chi connectivity index (χ0v) is 14.8. The standard InChI is InChI=1S/C16H22N4O3S/c1-4-23-11-5-6-12-13(7-11)19-16(18-12)24-9-14(21)20-15(22)17-8-10(2)3/h5-7,10H,4,8-9H2,1-3H3,(H,18,19)(H2,17,20,21,22). The number of amides is 3. The number of thioether (sulfide) groups is 1. The number of ether oxygens (including phenoxy) is 1. The van der Waals surface area contributed by atoms with Crippen LogP contribution < -0.4 is 15.4 Å². The first-order chi connectivity index (χ1) is 11.5. The third-order valence-corrected chi connectivity index (χ3v) is 3.88. The van der Waals surface area contributed by atoms with E-state index >= 15 is 0 Å². The normalized spacial score (nSPS) is 10.8. The first kappa shape index (κ1) is 18.1. The van der Waals surface area contributed by atoms with Gasteiger partial charge in [0.25, 0.3) is 0 Å². The SMILES string of the molecule is CCOc1ccc2nc(SCC(=O)NC(=O)NCC(C)C)[nH]c2c1. The number of benzene rings is 1. The van der Waals surface area contributed by atoms with Crippen LogP contribution in [0.25, 0.3) is 11.0 Å². The van der Waals surface area contributed by atoms with E-state index in [1.165, 1.54) is 11.8 Å². The summed E-state index contributed by atoms with van der Waals surface area (Å²) in [5.41, 5.74) is 1.65. The molecule has 1 aromatic heterocycles. The van der Waals surface area contributed by atoms with Gasteiger partial charge in [0.05, 0.1) is 23.4 Å². The van der Waals surface area contributed by atoms with E-state index < -0.39 is 6.03 Å². The Hall–Kier alpha value is -2.22. The molecule has 24 heavy (non-hydrogen) atoms. The number of aromatic amines is 1. The summed E-state index contributed by atoms with van der Waals surface area (Å²) >= 11 is 1.24. The Morgan fingerprint density at radius 2 is 2.17 bits per heavy atom. The predicted molar refractivity (Wildman–Crippen MR) is 94.4 cm³/mol. The summed E-state index contributed by atoms with van der Waals surface area (Å²) in [6.07, 6.45) is 0. The molecule has 0 unspecified atom stereocenters. The minimum Gasteiger partial charge on any atom is -0.494 e. The van der Waals surface area contributed by atoms with Crippen LogP contribution in [-0.4, -0.2) is 40.8 Å². The Labute approximate surface area is 144 Å². The van der Waals surface area contributed by atoms with Gasteiger partial charge in [-0.3, -0.25) is 10.1 Å². The highest BCUT2D eigenvalue weighted by Crippen LogP contribution is 2.23. The van der Waals surface area contributed by atoms with Gasteiger partial charge in [-0.15, -0.1) is 0 Å². The minimum absolute atomic E-state index is 0.104. The second-order valence-electron chi connectivity index (χ2n) is 5.59. The number of H-pyrrole nitrogens is 1. The van der Waals surface area contributed by atoms with Gasteiger partial charge in [0, 0.05) is 12.6 Å². The average molecular weight is 350 g/mol. The molecule has 1 heterocycles. The van der Waals surface area contributed by atoms with Crippen molar-refractivity contribution in [2.75, 3.05) is 18.9 Å². The zero-order valence-electron chi connectivity index (χ0n) is 14.0. The zero-order chi connectivity index (χ0) is 17.5. The van der Waals surface area contributed by atoms with Crippen molar-refractivity contribution in [1.82, 2.24) is 20.6 Å². The molecule has 1 aromatic carbocycles. The summed E-state index contributed by atoms with van der Waals surface area (Å²) in [7, 11) is 0. The number of imidazole rings is 1. The van der Waals surface area contributed by atoms with Crippen molar-refractivity contribution in [3.63, 3.8) is 0 Å². The van der Waals surface area contributed by atoms with Crippen molar-refractivity contribution >= 4 is 34.7 Å². The highest BCUT2D eigenvalue weighted by molar-refractivity contribution is 7.99. The van der Waals surface area contributed by atoms with Gasteiger partial charge in [-0.05, 0) is 25.0 Å². The van der Waals surface area contributed by atoms with Crippen LogP contribution in [0.1, 0.15) is 20.8 Å². The highest BCUT2D eigenvalue weighted by atomic mass is 32.2. The molecule has 2 aromatic rings. The van der Waals surface area contributed by atoms with E-state index in [9.17, 15) is 9.59 Å². The third kappa shape index (κ3) is 5.45. The summed E-state index contributed by atoms with van der Waals surface area (Å²) in [5, 5.41) is 5.55. The molecule has 2 rings (SSSR count). The Kier molecular flexibility index (Phi) is 6.48. The topological polar surface area (TPSA) is 96.1 Å². The monoisotopic (exact) mass is 350 g/mol. The molecule has 3 amide bonds. The molecule has 0 bridgehead atoms. The lowest BCUT2D eigenvalue weighted by Crippen LogP contribution is -2.41. The minimum atomic E-state index is -0.472. The number of rotatable bonds is 7. The lowest BCUT2D eigenvalue weighted by Gasteiger charge is -2.07. The molecule has 130 valence electrons. The number of nitrogens with zero attached hydrogens (tertiary/aromatic N) is 1. The Balaban J connectivity index is 1.86. The van der Waals surface area contributed by atoms with Gasteiger partial charge in [-0.2, -0.15) is 0 Å². The number of carbonyl (C=O) groups excluding carboxylic acids is 2. The van der Waals surface area contributed by atoms with Crippen LogP contribution in [0.2, 0.25) is 0 Å². The number of hydrogen-bond donors (Lipinski definition) is 3.